The van der Waals surface area contributed by atoms with Crippen LogP contribution in [0.25, 0.3) is 11.1 Å². The van der Waals surface area contributed by atoms with E-state index in [0.717, 1.165) is 49.3 Å². The monoisotopic (exact) mass is 753 g/mol. The summed E-state index contributed by atoms with van der Waals surface area (Å²) in [5, 5.41) is 51.2. The van der Waals surface area contributed by atoms with Crippen LogP contribution in [-0.4, -0.2) is 112 Å². The highest BCUT2D eigenvalue weighted by atomic mass is 16.4. The van der Waals surface area contributed by atoms with Crippen molar-refractivity contribution in [2.24, 2.45) is 5.73 Å². The molecular weight excluding hydrogens is 701 g/mol. The number of aliphatic hydroxyl groups is 2. The smallest absolute Gasteiger partial charge is 0.469 e. The second-order valence-electron chi connectivity index (χ2n) is 13.0. The number of hydrogen-bond donors (Lipinski definition) is 10. The van der Waals surface area contributed by atoms with Crippen LogP contribution in [0.15, 0.2) is 60.0 Å². The first-order valence-electron chi connectivity index (χ1n) is 17.5. The predicted molar refractivity (Wildman–Crippen MR) is 201 cm³/mol. The van der Waals surface area contributed by atoms with Crippen molar-refractivity contribution in [3.63, 3.8) is 0 Å². The molecule has 294 valence electrons. The zero-order valence-corrected chi connectivity index (χ0v) is 31.4. The molecule has 6 amide bonds. The summed E-state index contributed by atoms with van der Waals surface area (Å²) < 4.78 is 0. The van der Waals surface area contributed by atoms with Crippen molar-refractivity contribution in [3.05, 3.63) is 71.1 Å². The standard InChI is InChI=1S/C36H52BN7O10/c1-7-8-9-24-10-12-25(13-11-24)26-14-16-27(17-15-26)34(50)40-20(2)32(48)39-19-30(47)44(6)31(22(4)45)36(52)41-21(3)33(49)43-28(18-29(38)46)35(51)42-23(5)37(53)54/h10-17,20-21,23,28,35,42,45,51,53-54H,7-9,18-19H2,1-6H3,(H2,38,46)(H,39,48)(H,40,50)(H,41,52)(H,43,49)/b31-22+/t20-,21+,23+,28+,35?/m1/s1. The number of hydrogen-bond acceptors (Lipinski definition) is 11. The summed E-state index contributed by atoms with van der Waals surface area (Å²) in [5.74, 6) is -6.55. The van der Waals surface area contributed by atoms with Gasteiger partial charge in [0.1, 0.15) is 29.8 Å². The molecule has 0 spiro atoms. The molecule has 2 aromatic carbocycles. The average molecular weight is 754 g/mol. The summed E-state index contributed by atoms with van der Waals surface area (Å²) in [7, 11) is -0.712. The number of primary amides is 1. The minimum atomic E-state index is -1.87. The van der Waals surface area contributed by atoms with Gasteiger partial charge in [-0.15, -0.1) is 0 Å². The van der Waals surface area contributed by atoms with E-state index in [1.807, 2.05) is 24.3 Å². The van der Waals surface area contributed by atoms with Crippen molar-refractivity contribution in [2.75, 3.05) is 13.6 Å². The Labute approximate surface area is 314 Å². The van der Waals surface area contributed by atoms with Crippen LogP contribution in [-0.2, 0) is 30.4 Å². The molecule has 18 heteroatoms. The lowest BCUT2D eigenvalue weighted by atomic mass is 9.81. The van der Waals surface area contributed by atoms with Gasteiger partial charge in [-0.1, -0.05) is 56.7 Å². The molecule has 54 heavy (non-hydrogen) atoms. The summed E-state index contributed by atoms with van der Waals surface area (Å²) in [6.07, 6.45) is 1.05. The molecule has 0 aliphatic rings. The predicted octanol–water partition coefficient (Wildman–Crippen LogP) is -0.648. The average Bonchev–Trinajstić information content (AvgIpc) is 3.12. The molecule has 17 nitrogen and oxygen atoms in total. The second-order valence-corrected chi connectivity index (χ2v) is 13.0. The molecule has 1 unspecified atom stereocenters. The van der Waals surface area contributed by atoms with Gasteiger partial charge >= 0.3 is 7.12 Å². The van der Waals surface area contributed by atoms with E-state index in [1.165, 1.54) is 26.3 Å². The van der Waals surface area contributed by atoms with Crippen LogP contribution < -0.4 is 32.3 Å². The fourth-order valence-corrected chi connectivity index (χ4v) is 5.09. The SMILES string of the molecule is CCCCc1ccc(-c2ccc(C(=O)N[C@H](C)C(=O)NCC(=O)N(C)/C(C(=O)N[C@@H](C)C(=O)N[C@@H](CC(N)=O)C(O)N[C@@H](C)B(O)O)=C(\C)O)cc2)cc1. The number of aliphatic hydroxyl groups excluding tert-OH is 2. The summed E-state index contributed by atoms with van der Waals surface area (Å²) in [6.45, 7) is 6.65. The minimum absolute atomic E-state index is 0.322. The van der Waals surface area contributed by atoms with Crippen LogP contribution in [0.2, 0.25) is 0 Å². The van der Waals surface area contributed by atoms with Crippen LogP contribution in [0, 0.1) is 0 Å². The normalized spacial score (nSPS) is 14.2. The van der Waals surface area contributed by atoms with Gasteiger partial charge in [-0.25, -0.2) is 0 Å². The van der Waals surface area contributed by atoms with E-state index in [0.29, 0.717) is 5.56 Å². The Morgan fingerprint density at radius 1 is 0.852 bits per heavy atom. The molecule has 0 radical (unpaired) electrons. The van der Waals surface area contributed by atoms with Crippen LogP contribution >= 0.6 is 0 Å². The molecule has 0 aliphatic heterocycles. The number of nitrogens with two attached hydrogens (primary N) is 1. The summed E-state index contributed by atoms with van der Waals surface area (Å²) in [5.41, 5.74) is 8.18. The number of amides is 6. The van der Waals surface area contributed by atoms with Crippen molar-refractivity contribution >= 4 is 42.6 Å². The van der Waals surface area contributed by atoms with Gasteiger partial charge < -0.3 is 52.2 Å². The van der Waals surface area contributed by atoms with E-state index in [1.54, 1.807) is 12.1 Å². The van der Waals surface area contributed by atoms with Gasteiger partial charge in [0.05, 0.1) is 19.0 Å². The highest BCUT2D eigenvalue weighted by molar-refractivity contribution is 6.43. The van der Waals surface area contributed by atoms with E-state index >= 15 is 0 Å². The number of benzene rings is 2. The van der Waals surface area contributed by atoms with E-state index in [2.05, 4.69) is 45.6 Å². The Bertz CT molecular complexity index is 1650. The molecule has 0 saturated heterocycles. The number of carbonyl (C=O) groups excluding carboxylic acids is 6. The topological polar surface area (TPSA) is 273 Å². The number of nitrogens with zero attached hydrogens (tertiary/aromatic N) is 1. The second kappa shape index (κ2) is 21.4. The first-order valence-corrected chi connectivity index (χ1v) is 17.5. The molecule has 2 rings (SSSR count). The van der Waals surface area contributed by atoms with E-state index in [-0.39, 0.29) is 0 Å². The molecular formula is C36H52BN7O10. The number of nitrogens with one attached hydrogen (secondary N) is 5. The fraction of sp³-hybridized carbons (Fsp3) is 0.444. The van der Waals surface area contributed by atoms with Crippen LogP contribution in [0.1, 0.15) is 69.8 Å². The summed E-state index contributed by atoms with van der Waals surface area (Å²) in [6, 6.07) is 11.4. The zero-order chi connectivity index (χ0) is 40.7. The molecule has 2 aromatic rings. The molecule has 0 aromatic heterocycles. The van der Waals surface area contributed by atoms with Crippen molar-refractivity contribution in [1.29, 1.82) is 0 Å². The largest absolute Gasteiger partial charge is 0.510 e. The fourth-order valence-electron chi connectivity index (χ4n) is 5.09. The van der Waals surface area contributed by atoms with Gasteiger partial charge in [0, 0.05) is 18.6 Å². The Balaban J connectivity index is 1.95. The summed E-state index contributed by atoms with van der Waals surface area (Å²) in [4.78, 5) is 76.8. The molecule has 0 saturated carbocycles. The minimum Gasteiger partial charge on any atom is -0.510 e. The zero-order valence-electron chi connectivity index (χ0n) is 31.4. The highest BCUT2D eigenvalue weighted by Gasteiger charge is 2.31. The molecule has 0 fully saturated rings. The Morgan fingerprint density at radius 2 is 1.41 bits per heavy atom. The lowest BCUT2D eigenvalue weighted by molar-refractivity contribution is -0.134. The van der Waals surface area contributed by atoms with Gasteiger partial charge in [0.2, 0.25) is 23.6 Å². The van der Waals surface area contributed by atoms with Crippen molar-refractivity contribution in [2.45, 2.75) is 90.6 Å². The number of carbonyl (C=O) groups is 6. The lowest BCUT2D eigenvalue weighted by Crippen LogP contribution is -2.59. The third-order valence-corrected chi connectivity index (χ3v) is 8.43. The first-order chi connectivity index (χ1) is 25.4. The van der Waals surface area contributed by atoms with E-state index in [9.17, 15) is 49.0 Å². The van der Waals surface area contributed by atoms with Crippen LogP contribution in [0.5, 0.6) is 0 Å². The van der Waals surface area contributed by atoms with Gasteiger partial charge in [0.15, 0.2) is 0 Å². The summed E-state index contributed by atoms with van der Waals surface area (Å²) >= 11 is 0. The molecule has 0 aliphatic carbocycles. The van der Waals surface area contributed by atoms with Gasteiger partial charge in [-0.05, 0) is 62.4 Å². The maximum Gasteiger partial charge on any atom is 0.469 e. The quantitative estimate of drug-likeness (QED) is 0.0351. The maximum atomic E-state index is 13.1. The Kier molecular flexibility index (Phi) is 17.8. The third-order valence-electron chi connectivity index (χ3n) is 8.43. The Morgan fingerprint density at radius 3 is 1.93 bits per heavy atom. The molecule has 5 atom stereocenters. The van der Waals surface area contributed by atoms with Gasteiger partial charge in [-0.2, -0.15) is 0 Å². The van der Waals surface area contributed by atoms with Crippen LogP contribution in [0.3, 0.4) is 0 Å². The highest BCUT2D eigenvalue weighted by Crippen LogP contribution is 2.21. The number of likely N-dealkylation sites (N-methyl/N-ethyl adjacent to an activating group) is 1. The molecule has 0 heterocycles. The van der Waals surface area contributed by atoms with Gasteiger partial charge in [0.25, 0.3) is 11.8 Å². The van der Waals surface area contributed by atoms with E-state index < -0.39 is 97.3 Å². The first kappa shape index (κ1) is 44.9. The van der Waals surface area contributed by atoms with Crippen molar-refractivity contribution in [3.8, 4) is 11.1 Å². The number of aryl methyl sites for hydroxylation is 1. The number of allylic oxidation sites excluding steroid dienone is 1. The number of unbranched alkanes of at least 4 members (excludes halogenated alkanes) is 1. The van der Waals surface area contributed by atoms with Crippen LogP contribution in [0.4, 0.5) is 0 Å². The van der Waals surface area contributed by atoms with Crippen molar-refractivity contribution < 1.29 is 49.0 Å². The van der Waals surface area contributed by atoms with E-state index in [4.69, 9.17) is 5.73 Å². The lowest BCUT2D eigenvalue weighted by Gasteiger charge is -2.28. The third kappa shape index (κ3) is 13.9. The Hall–Kier alpha value is -5.30. The molecule has 11 N–H and O–H groups in total. The number of rotatable bonds is 20. The van der Waals surface area contributed by atoms with Gasteiger partial charge in [-0.3, -0.25) is 34.1 Å². The van der Waals surface area contributed by atoms with Crippen molar-refractivity contribution in [1.82, 2.24) is 31.5 Å². The maximum absolute atomic E-state index is 13.1. The molecule has 0 bridgehead atoms.